The number of likely N-dealkylation sites (tertiary alicyclic amines) is 1. The van der Waals surface area contributed by atoms with Gasteiger partial charge in [0.25, 0.3) is 5.91 Å². The van der Waals surface area contributed by atoms with E-state index in [9.17, 15) is 4.79 Å². The van der Waals surface area contributed by atoms with Crippen LogP contribution in [0.15, 0.2) is 18.2 Å². The van der Waals surface area contributed by atoms with Crippen LogP contribution in [-0.2, 0) is 0 Å². The molecule has 1 heterocycles. The van der Waals surface area contributed by atoms with Gasteiger partial charge in [-0.15, -0.1) is 0 Å². The van der Waals surface area contributed by atoms with Gasteiger partial charge in [0.1, 0.15) is 0 Å². The molecule has 1 N–H and O–H groups in total. The van der Waals surface area contributed by atoms with Gasteiger partial charge in [0, 0.05) is 24.7 Å². The predicted octanol–water partition coefficient (Wildman–Crippen LogP) is 2.82. The number of halogens is 2. The molecule has 1 aromatic carbocycles. The smallest absolute Gasteiger partial charge is 0.253 e. The molecule has 1 aliphatic heterocycles. The highest BCUT2D eigenvalue weighted by Crippen LogP contribution is 2.24. The number of rotatable bonds is 2. The summed E-state index contributed by atoms with van der Waals surface area (Å²) in [5, 5.41) is 4.11. The Labute approximate surface area is 117 Å². The molecule has 1 unspecified atom stereocenters. The van der Waals surface area contributed by atoms with E-state index in [1.54, 1.807) is 18.2 Å². The van der Waals surface area contributed by atoms with Gasteiger partial charge >= 0.3 is 0 Å². The lowest BCUT2D eigenvalue weighted by Crippen LogP contribution is -2.46. The molecule has 18 heavy (non-hydrogen) atoms. The number of benzene rings is 1. The molecular weight excluding hydrogens is 271 g/mol. The number of nitrogens with zero attached hydrogens (tertiary/aromatic N) is 1. The van der Waals surface area contributed by atoms with Crippen molar-refractivity contribution < 1.29 is 4.79 Å². The van der Waals surface area contributed by atoms with Gasteiger partial charge in [-0.25, -0.2) is 0 Å². The van der Waals surface area contributed by atoms with Gasteiger partial charge in [-0.2, -0.15) is 0 Å². The van der Waals surface area contributed by atoms with Crippen LogP contribution in [-0.4, -0.2) is 37.0 Å². The Bertz CT molecular complexity index is 451. The number of nitrogens with one attached hydrogen (secondary N) is 1. The van der Waals surface area contributed by atoms with Crippen LogP contribution in [0.5, 0.6) is 0 Å². The van der Waals surface area contributed by atoms with Crippen molar-refractivity contribution in [2.45, 2.75) is 18.9 Å². The van der Waals surface area contributed by atoms with E-state index < -0.39 is 0 Å². The second-order valence-electron chi connectivity index (χ2n) is 4.51. The fourth-order valence-corrected chi connectivity index (χ4v) is 2.51. The second kappa shape index (κ2) is 5.91. The quantitative estimate of drug-likeness (QED) is 0.907. The molecule has 1 atom stereocenters. The first kappa shape index (κ1) is 13.7. The number of carbonyl (C=O) groups is 1. The number of likely N-dealkylation sites (N-methyl/N-ethyl adjacent to an activating group) is 1. The maximum Gasteiger partial charge on any atom is 0.253 e. The summed E-state index contributed by atoms with van der Waals surface area (Å²) in [5.41, 5.74) is 0.598. The Morgan fingerprint density at radius 1 is 1.39 bits per heavy atom. The molecule has 1 aliphatic rings. The van der Waals surface area contributed by atoms with Crippen LogP contribution in [0.3, 0.4) is 0 Å². The van der Waals surface area contributed by atoms with Crippen molar-refractivity contribution in [3.05, 3.63) is 33.8 Å². The highest BCUT2D eigenvalue weighted by molar-refractivity contribution is 6.42. The van der Waals surface area contributed by atoms with Crippen molar-refractivity contribution in [3.8, 4) is 0 Å². The topological polar surface area (TPSA) is 32.3 Å². The lowest BCUT2D eigenvalue weighted by Gasteiger charge is -2.32. The molecule has 1 amide bonds. The van der Waals surface area contributed by atoms with E-state index in [4.69, 9.17) is 23.2 Å². The molecule has 0 aromatic heterocycles. The summed E-state index contributed by atoms with van der Waals surface area (Å²) in [6.07, 6.45) is 2.14. The molecule has 0 bridgehead atoms. The number of piperidine rings is 1. The van der Waals surface area contributed by atoms with E-state index in [2.05, 4.69) is 5.32 Å². The van der Waals surface area contributed by atoms with Crippen LogP contribution in [0.4, 0.5) is 0 Å². The maximum atomic E-state index is 12.3. The largest absolute Gasteiger partial charge is 0.337 e. The lowest BCUT2D eigenvalue weighted by atomic mass is 10.0. The number of hydrogen-bond acceptors (Lipinski definition) is 2. The van der Waals surface area contributed by atoms with Crippen molar-refractivity contribution in [2.75, 3.05) is 20.1 Å². The summed E-state index contributed by atoms with van der Waals surface area (Å²) < 4.78 is 0. The summed E-state index contributed by atoms with van der Waals surface area (Å²) in [6, 6.07) is 5.40. The van der Waals surface area contributed by atoms with Gasteiger partial charge in [-0.1, -0.05) is 23.2 Å². The van der Waals surface area contributed by atoms with E-state index in [1.807, 2.05) is 11.9 Å². The standard InChI is InChI=1S/C13H16Cl2N2O/c1-16-10-3-2-6-17(8-10)13(18)9-4-5-11(14)12(15)7-9/h4-5,7,10,16H,2-3,6,8H2,1H3. The molecule has 1 fully saturated rings. The Morgan fingerprint density at radius 2 is 2.17 bits per heavy atom. The first-order chi connectivity index (χ1) is 8.61. The number of amides is 1. The molecule has 0 aliphatic carbocycles. The minimum atomic E-state index is 0.0218. The van der Waals surface area contributed by atoms with E-state index in [-0.39, 0.29) is 5.91 Å². The Morgan fingerprint density at radius 3 is 2.83 bits per heavy atom. The SMILES string of the molecule is CNC1CCCN(C(=O)c2ccc(Cl)c(Cl)c2)C1. The highest BCUT2D eigenvalue weighted by Gasteiger charge is 2.23. The Hall–Kier alpha value is -0.770. The molecule has 98 valence electrons. The van der Waals surface area contributed by atoms with Gasteiger partial charge in [-0.05, 0) is 38.1 Å². The average Bonchev–Trinajstić information content (AvgIpc) is 2.41. The normalized spacial score (nSPS) is 19.9. The van der Waals surface area contributed by atoms with Crippen molar-refractivity contribution in [1.82, 2.24) is 10.2 Å². The lowest BCUT2D eigenvalue weighted by molar-refractivity contribution is 0.0698. The monoisotopic (exact) mass is 286 g/mol. The summed E-state index contributed by atoms with van der Waals surface area (Å²) in [6.45, 7) is 1.55. The summed E-state index contributed by atoms with van der Waals surface area (Å²) in [5.74, 6) is 0.0218. The van der Waals surface area contributed by atoms with Crippen LogP contribution in [0.1, 0.15) is 23.2 Å². The molecule has 0 radical (unpaired) electrons. The van der Waals surface area contributed by atoms with E-state index >= 15 is 0 Å². The summed E-state index contributed by atoms with van der Waals surface area (Å²) in [4.78, 5) is 14.2. The predicted molar refractivity (Wildman–Crippen MR) is 74.4 cm³/mol. The Balaban J connectivity index is 2.12. The third kappa shape index (κ3) is 2.97. The third-order valence-electron chi connectivity index (χ3n) is 3.28. The number of carbonyl (C=O) groups excluding carboxylic acids is 1. The molecule has 5 heteroatoms. The van der Waals surface area contributed by atoms with Crippen LogP contribution in [0.2, 0.25) is 10.0 Å². The zero-order valence-electron chi connectivity index (χ0n) is 10.2. The third-order valence-corrected chi connectivity index (χ3v) is 4.02. The minimum absolute atomic E-state index is 0.0218. The number of hydrogen-bond donors (Lipinski definition) is 1. The van der Waals surface area contributed by atoms with Gasteiger partial charge in [0.15, 0.2) is 0 Å². The van der Waals surface area contributed by atoms with Gasteiger partial charge in [0.05, 0.1) is 10.0 Å². The van der Waals surface area contributed by atoms with Crippen LogP contribution < -0.4 is 5.32 Å². The van der Waals surface area contributed by atoms with E-state index in [1.165, 1.54) is 0 Å². The second-order valence-corrected chi connectivity index (χ2v) is 5.32. The van der Waals surface area contributed by atoms with Gasteiger partial charge in [0.2, 0.25) is 0 Å². The maximum absolute atomic E-state index is 12.3. The molecule has 1 saturated heterocycles. The van der Waals surface area contributed by atoms with Crippen LogP contribution in [0, 0.1) is 0 Å². The zero-order chi connectivity index (χ0) is 13.1. The van der Waals surface area contributed by atoms with Crippen molar-refractivity contribution in [2.24, 2.45) is 0 Å². The molecule has 0 saturated carbocycles. The molecular formula is C13H16Cl2N2O. The van der Waals surface area contributed by atoms with E-state index in [0.717, 1.165) is 25.9 Å². The first-order valence-corrected chi connectivity index (χ1v) is 6.79. The average molecular weight is 287 g/mol. The fourth-order valence-electron chi connectivity index (χ4n) is 2.21. The highest BCUT2D eigenvalue weighted by atomic mass is 35.5. The van der Waals surface area contributed by atoms with E-state index in [0.29, 0.717) is 21.7 Å². The molecule has 0 spiro atoms. The first-order valence-electron chi connectivity index (χ1n) is 6.03. The van der Waals surface area contributed by atoms with Gasteiger partial charge in [-0.3, -0.25) is 4.79 Å². The fraction of sp³-hybridized carbons (Fsp3) is 0.462. The molecule has 3 nitrogen and oxygen atoms in total. The van der Waals surface area contributed by atoms with Crippen molar-refractivity contribution in [3.63, 3.8) is 0 Å². The summed E-state index contributed by atoms with van der Waals surface area (Å²) in [7, 11) is 1.93. The van der Waals surface area contributed by atoms with Crippen LogP contribution >= 0.6 is 23.2 Å². The minimum Gasteiger partial charge on any atom is -0.337 e. The van der Waals surface area contributed by atoms with Gasteiger partial charge < -0.3 is 10.2 Å². The summed E-state index contributed by atoms with van der Waals surface area (Å²) >= 11 is 11.8. The van der Waals surface area contributed by atoms with Crippen molar-refractivity contribution >= 4 is 29.1 Å². The van der Waals surface area contributed by atoms with Crippen molar-refractivity contribution in [1.29, 1.82) is 0 Å². The van der Waals surface area contributed by atoms with Crippen LogP contribution in [0.25, 0.3) is 0 Å². The molecule has 1 aromatic rings. The Kier molecular flexibility index (Phi) is 4.49. The molecule has 2 rings (SSSR count). The zero-order valence-corrected chi connectivity index (χ0v) is 11.8.